The van der Waals surface area contributed by atoms with Gasteiger partial charge in [0.1, 0.15) is 0 Å². The number of fused-ring (bicyclic) bond motifs is 1. The van der Waals surface area contributed by atoms with Gasteiger partial charge in [0.2, 0.25) is 0 Å². The Bertz CT molecular complexity index is 365. The lowest BCUT2D eigenvalue weighted by molar-refractivity contribution is -0.115. The van der Waals surface area contributed by atoms with Crippen LogP contribution in [-0.2, 0) is 4.79 Å². The molecule has 1 heterocycles. The molecule has 0 aromatic carbocycles. The van der Waals surface area contributed by atoms with Crippen LogP contribution in [0, 0.1) is 0 Å². The zero-order valence-electron chi connectivity index (χ0n) is 9.01. The Morgan fingerprint density at radius 2 is 2.07 bits per heavy atom. The first-order valence-corrected chi connectivity index (χ1v) is 6.08. The van der Waals surface area contributed by atoms with Crippen LogP contribution in [0.2, 0.25) is 0 Å². The first kappa shape index (κ1) is 9.20. The molecule has 0 amide bonds. The van der Waals surface area contributed by atoms with Crippen LogP contribution in [0.3, 0.4) is 0 Å². The minimum absolute atomic E-state index is 0.347. The highest BCUT2D eigenvalue weighted by atomic mass is 16.1. The fourth-order valence-corrected chi connectivity index (χ4v) is 2.95. The third-order valence-electron chi connectivity index (χ3n) is 3.79. The molecule has 1 fully saturated rings. The Morgan fingerprint density at radius 3 is 3.00 bits per heavy atom. The maximum absolute atomic E-state index is 11.8. The number of rotatable bonds is 0. The van der Waals surface area contributed by atoms with Gasteiger partial charge in [-0.2, -0.15) is 0 Å². The summed E-state index contributed by atoms with van der Waals surface area (Å²) in [5.41, 5.74) is 3.69. The summed E-state index contributed by atoms with van der Waals surface area (Å²) in [4.78, 5) is 11.8. The van der Waals surface area contributed by atoms with Crippen molar-refractivity contribution in [2.75, 3.05) is 0 Å². The number of Topliss-reactive ketones (excluding diaryl/α,β-unsaturated/α-hetero) is 1. The van der Waals surface area contributed by atoms with Gasteiger partial charge in [0.15, 0.2) is 5.78 Å². The smallest absolute Gasteiger partial charge is 0.164 e. The number of carbonyl (C=O) groups is 1. The summed E-state index contributed by atoms with van der Waals surface area (Å²) in [5, 5.41) is 3.58. The fraction of sp³-hybridized carbons (Fsp3) is 0.615. The molecule has 1 atom stereocenters. The van der Waals surface area contributed by atoms with Gasteiger partial charge in [-0.1, -0.05) is 6.42 Å². The van der Waals surface area contributed by atoms with Gasteiger partial charge in [-0.15, -0.1) is 0 Å². The molecule has 15 heavy (non-hydrogen) atoms. The van der Waals surface area contributed by atoms with Crippen LogP contribution in [0.4, 0.5) is 0 Å². The summed E-state index contributed by atoms with van der Waals surface area (Å²) in [6, 6.07) is 0.545. The second-order valence-electron chi connectivity index (χ2n) is 4.83. The number of ketones is 1. The maximum Gasteiger partial charge on any atom is 0.164 e. The van der Waals surface area contributed by atoms with Gasteiger partial charge in [0, 0.05) is 23.7 Å². The fourth-order valence-electron chi connectivity index (χ4n) is 2.95. The van der Waals surface area contributed by atoms with E-state index in [1.807, 2.05) is 0 Å². The van der Waals surface area contributed by atoms with Crippen molar-refractivity contribution in [1.82, 2.24) is 5.32 Å². The molecule has 3 rings (SSSR count). The standard InChI is InChI=1S/C13H17NO/c15-13-7-3-6-12-10(13)8-9-4-1-2-5-11(9)14-12/h8,11,14H,1-7H2/t11-/m1/s1. The predicted octanol–water partition coefficient (Wildman–Crippen LogP) is 2.47. The van der Waals surface area contributed by atoms with Gasteiger partial charge in [0.05, 0.1) is 0 Å². The number of hydrogen-bond acceptors (Lipinski definition) is 2. The van der Waals surface area contributed by atoms with E-state index in [2.05, 4.69) is 11.4 Å². The second kappa shape index (κ2) is 3.51. The molecule has 0 radical (unpaired) electrons. The lowest BCUT2D eigenvalue weighted by Crippen LogP contribution is -2.38. The van der Waals surface area contributed by atoms with Crippen molar-refractivity contribution in [2.45, 2.75) is 51.0 Å². The van der Waals surface area contributed by atoms with Gasteiger partial charge in [-0.3, -0.25) is 4.79 Å². The van der Waals surface area contributed by atoms with Crippen LogP contribution in [0.1, 0.15) is 44.9 Å². The Balaban J connectivity index is 1.95. The van der Waals surface area contributed by atoms with E-state index in [0.29, 0.717) is 11.8 Å². The minimum Gasteiger partial charge on any atom is -0.381 e. The molecule has 1 N–H and O–H groups in total. The number of hydrogen-bond donors (Lipinski definition) is 1. The van der Waals surface area contributed by atoms with Crippen LogP contribution < -0.4 is 5.32 Å². The molecule has 3 aliphatic rings. The van der Waals surface area contributed by atoms with Crippen LogP contribution >= 0.6 is 0 Å². The Hall–Kier alpha value is -1.05. The molecule has 2 nitrogen and oxygen atoms in total. The van der Waals surface area contributed by atoms with Crippen molar-refractivity contribution in [1.29, 1.82) is 0 Å². The molecule has 0 aromatic heterocycles. The van der Waals surface area contributed by atoms with Crippen molar-refractivity contribution in [3.63, 3.8) is 0 Å². The quantitative estimate of drug-likeness (QED) is 0.655. The molecule has 2 aliphatic carbocycles. The lowest BCUT2D eigenvalue weighted by Gasteiger charge is -2.34. The summed E-state index contributed by atoms with van der Waals surface area (Å²) in [5.74, 6) is 0.347. The third-order valence-corrected chi connectivity index (χ3v) is 3.79. The Morgan fingerprint density at radius 1 is 1.13 bits per heavy atom. The molecule has 1 aliphatic heterocycles. The molecule has 2 heteroatoms. The molecule has 0 aromatic rings. The molecule has 0 spiro atoms. The molecular formula is C13H17NO. The van der Waals surface area contributed by atoms with E-state index in [4.69, 9.17) is 0 Å². The third kappa shape index (κ3) is 1.52. The molecule has 0 unspecified atom stereocenters. The molecular weight excluding hydrogens is 186 g/mol. The predicted molar refractivity (Wildman–Crippen MR) is 59.4 cm³/mol. The molecule has 0 bridgehead atoms. The zero-order valence-corrected chi connectivity index (χ0v) is 9.01. The zero-order chi connectivity index (χ0) is 10.3. The monoisotopic (exact) mass is 203 g/mol. The van der Waals surface area contributed by atoms with Crippen LogP contribution in [-0.4, -0.2) is 11.8 Å². The summed E-state index contributed by atoms with van der Waals surface area (Å²) < 4.78 is 0. The molecule has 80 valence electrons. The van der Waals surface area contributed by atoms with E-state index in [1.54, 1.807) is 0 Å². The number of dihydropyridines is 1. The van der Waals surface area contributed by atoms with E-state index in [-0.39, 0.29) is 0 Å². The lowest BCUT2D eigenvalue weighted by atomic mass is 9.82. The maximum atomic E-state index is 11.8. The minimum atomic E-state index is 0.347. The van der Waals surface area contributed by atoms with Gasteiger partial charge < -0.3 is 5.32 Å². The Kier molecular flexibility index (Phi) is 2.15. The first-order valence-electron chi connectivity index (χ1n) is 6.08. The summed E-state index contributed by atoms with van der Waals surface area (Å²) in [6.45, 7) is 0. The van der Waals surface area contributed by atoms with E-state index in [0.717, 1.165) is 24.8 Å². The van der Waals surface area contributed by atoms with Gasteiger partial charge >= 0.3 is 0 Å². The van der Waals surface area contributed by atoms with Crippen molar-refractivity contribution in [3.8, 4) is 0 Å². The number of nitrogens with one attached hydrogen (secondary N) is 1. The summed E-state index contributed by atoms with van der Waals surface area (Å²) >= 11 is 0. The van der Waals surface area contributed by atoms with Crippen LogP contribution in [0.5, 0.6) is 0 Å². The van der Waals surface area contributed by atoms with Gasteiger partial charge in [-0.25, -0.2) is 0 Å². The van der Waals surface area contributed by atoms with E-state index >= 15 is 0 Å². The average Bonchev–Trinajstić information content (AvgIpc) is 2.27. The SMILES string of the molecule is O=C1CCCC2=C1C=C1CCCC[C@H]1N2. The highest BCUT2D eigenvalue weighted by Crippen LogP contribution is 2.33. The molecule has 1 saturated carbocycles. The first-order chi connectivity index (χ1) is 7.34. The van der Waals surface area contributed by atoms with E-state index in [1.165, 1.54) is 37.0 Å². The second-order valence-corrected chi connectivity index (χ2v) is 4.83. The van der Waals surface area contributed by atoms with E-state index < -0.39 is 0 Å². The van der Waals surface area contributed by atoms with Crippen molar-refractivity contribution in [3.05, 3.63) is 22.9 Å². The topological polar surface area (TPSA) is 29.1 Å². The van der Waals surface area contributed by atoms with Gasteiger partial charge in [0.25, 0.3) is 0 Å². The van der Waals surface area contributed by atoms with Crippen molar-refractivity contribution >= 4 is 5.78 Å². The van der Waals surface area contributed by atoms with Crippen molar-refractivity contribution in [2.24, 2.45) is 0 Å². The van der Waals surface area contributed by atoms with Crippen LogP contribution in [0.25, 0.3) is 0 Å². The van der Waals surface area contributed by atoms with Crippen molar-refractivity contribution < 1.29 is 4.79 Å². The Labute approximate surface area is 90.4 Å². The summed E-state index contributed by atoms with van der Waals surface area (Å²) in [6.07, 6.45) is 10.1. The summed E-state index contributed by atoms with van der Waals surface area (Å²) in [7, 11) is 0. The highest BCUT2D eigenvalue weighted by molar-refractivity contribution is 6.00. The highest BCUT2D eigenvalue weighted by Gasteiger charge is 2.28. The average molecular weight is 203 g/mol. The number of allylic oxidation sites excluding steroid dienone is 3. The van der Waals surface area contributed by atoms with E-state index in [9.17, 15) is 4.79 Å². The molecule has 0 saturated heterocycles. The normalized spacial score (nSPS) is 30.3. The largest absolute Gasteiger partial charge is 0.381 e. The van der Waals surface area contributed by atoms with Crippen LogP contribution in [0.15, 0.2) is 22.9 Å². The van der Waals surface area contributed by atoms with Gasteiger partial charge in [-0.05, 0) is 43.8 Å². The number of carbonyl (C=O) groups excluding carboxylic acids is 1.